The molecule has 1 saturated heterocycles. The van der Waals surface area contributed by atoms with Gasteiger partial charge in [-0.2, -0.15) is 0 Å². The highest BCUT2D eigenvalue weighted by molar-refractivity contribution is 5.79. The first-order chi connectivity index (χ1) is 7.25. The Kier molecular flexibility index (Phi) is 3.36. The SMILES string of the molecule is O=C1CCCC(N2CCNC(=O)CC2)C1. The topological polar surface area (TPSA) is 49.4 Å². The van der Waals surface area contributed by atoms with Crippen molar-refractivity contribution in [2.24, 2.45) is 0 Å². The normalized spacial score (nSPS) is 29.7. The lowest BCUT2D eigenvalue weighted by Gasteiger charge is -2.32. The summed E-state index contributed by atoms with van der Waals surface area (Å²) in [5, 5.41) is 2.86. The van der Waals surface area contributed by atoms with Crippen LogP contribution in [0.3, 0.4) is 0 Å². The van der Waals surface area contributed by atoms with E-state index in [9.17, 15) is 9.59 Å². The smallest absolute Gasteiger partial charge is 0.221 e. The fourth-order valence-electron chi connectivity index (χ4n) is 2.46. The fourth-order valence-corrected chi connectivity index (χ4v) is 2.46. The minimum Gasteiger partial charge on any atom is -0.355 e. The van der Waals surface area contributed by atoms with Crippen LogP contribution in [0.15, 0.2) is 0 Å². The third-order valence-corrected chi connectivity index (χ3v) is 3.32. The van der Waals surface area contributed by atoms with E-state index in [4.69, 9.17) is 0 Å². The third-order valence-electron chi connectivity index (χ3n) is 3.32. The summed E-state index contributed by atoms with van der Waals surface area (Å²) in [6.07, 6.45) is 4.14. The summed E-state index contributed by atoms with van der Waals surface area (Å²) in [4.78, 5) is 24.8. The first-order valence-electron chi connectivity index (χ1n) is 5.78. The first-order valence-corrected chi connectivity index (χ1v) is 5.78. The standard InChI is InChI=1S/C11H18N2O2/c14-10-3-1-2-9(8-10)13-6-4-11(15)12-5-7-13/h9H,1-8H2,(H,12,15). The first kappa shape index (κ1) is 10.6. The Morgan fingerprint density at radius 3 is 2.87 bits per heavy atom. The van der Waals surface area contributed by atoms with Crippen molar-refractivity contribution in [1.82, 2.24) is 10.2 Å². The highest BCUT2D eigenvalue weighted by Crippen LogP contribution is 2.20. The summed E-state index contributed by atoms with van der Waals surface area (Å²) in [5.74, 6) is 0.523. The number of rotatable bonds is 1. The molecule has 0 spiro atoms. The summed E-state index contributed by atoms with van der Waals surface area (Å²) in [7, 11) is 0. The van der Waals surface area contributed by atoms with Crippen LogP contribution in [0.1, 0.15) is 32.1 Å². The Labute approximate surface area is 90.0 Å². The van der Waals surface area contributed by atoms with Gasteiger partial charge in [-0.05, 0) is 12.8 Å². The number of hydrogen-bond acceptors (Lipinski definition) is 3. The molecule has 4 heteroatoms. The molecule has 1 amide bonds. The quantitative estimate of drug-likeness (QED) is 0.678. The summed E-state index contributed by atoms with van der Waals surface area (Å²) in [6, 6.07) is 0.388. The van der Waals surface area contributed by atoms with Gasteiger partial charge in [-0.25, -0.2) is 0 Å². The Hall–Kier alpha value is -0.900. The molecule has 1 aliphatic carbocycles. The van der Waals surface area contributed by atoms with Crippen LogP contribution in [-0.2, 0) is 9.59 Å². The molecule has 1 saturated carbocycles. The lowest BCUT2D eigenvalue weighted by atomic mass is 9.93. The van der Waals surface area contributed by atoms with Crippen molar-refractivity contribution in [3.8, 4) is 0 Å². The van der Waals surface area contributed by atoms with E-state index in [0.717, 1.165) is 38.9 Å². The molecule has 0 aromatic heterocycles. The van der Waals surface area contributed by atoms with Gasteiger partial charge in [-0.1, -0.05) is 0 Å². The number of ketones is 1. The van der Waals surface area contributed by atoms with Crippen LogP contribution in [0.4, 0.5) is 0 Å². The molecule has 2 aliphatic rings. The van der Waals surface area contributed by atoms with E-state index < -0.39 is 0 Å². The molecule has 15 heavy (non-hydrogen) atoms. The second kappa shape index (κ2) is 4.75. The highest BCUT2D eigenvalue weighted by Gasteiger charge is 2.26. The van der Waals surface area contributed by atoms with E-state index in [1.54, 1.807) is 0 Å². The molecule has 4 nitrogen and oxygen atoms in total. The van der Waals surface area contributed by atoms with Crippen LogP contribution in [0.25, 0.3) is 0 Å². The van der Waals surface area contributed by atoms with Gasteiger partial charge in [-0.15, -0.1) is 0 Å². The highest BCUT2D eigenvalue weighted by atomic mass is 16.1. The number of carbonyl (C=O) groups excluding carboxylic acids is 2. The Balaban J connectivity index is 1.91. The molecule has 0 radical (unpaired) electrons. The third kappa shape index (κ3) is 2.78. The molecular weight excluding hydrogens is 192 g/mol. The van der Waals surface area contributed by atoms with Crippen LogP contribution in [0.2, 0.25) is 0 Å². The van der Waals surface area contributed by atoms with Crippen LogP contribution in [0, 0.1) is 0 Å². The zero-order chi connectivity index (χ0) is 10.7. The van der Waals surface area contributed by atoms with Crippen molar-refractivity contribution in [2.75, 3.05) is 19.6 Å². The van der Waals surface area contributed by atoms with Crippen LogP contribution < -0.4 is 5.32 Å². The van der Waals surface area contributed by atoms with E-state index in [-0.39, 0.29) is 5.91 Å². The monoisotopic (exact) mass is 210 g/mol. The maximum absolute atomic E-state index is 11.4. The van der Waals surface area contributed by atoms with Gasteiger partial charge in [0.15, 0.2) is 0 Å². The van der Waals surface area contributed by atoms with Crippen LogP contribution >= 0.6 is 0 Å². The molecule has 0 aromatic rings. The number of hydrogen-bond donors (Lipinski definition) is 1. The predicted molar refractivity (Wildman–Crippen MR) is 56.5 cm³/mol. The molecule has 2 rings (SSSR count). The zero-order valence-corrected chi connectivity index (χ0v) is 9.00. The van der Waals surface area contributed by atoms with E-state index in [1.807, 2.05) is 0 Å². The molecule has 0 bridgehead atoms. The van der Waals surface area contributed by atoms with Gasteiger partial charge in [0.25, 0.3) is 0 Å². The average Bonchev–Trinajstić information content (AvgIpc) is 2.43. The zero-order valence-electron chi connectivity index (χ0n) is 9.00. The Morgan fingerprint density at radius 2 is 2.07 bits per heavy atom. The van der Waals surface area contributed by atoms with E-state index in [2.05, 4.69) is 10.2 Å². The summed E-state index contributed by atoms with van der Waals surface area (Å²) >= 11 is 0. The largest absolute Gasteiger partial charge is 0.355 e. The number of amides is 1. The lowest BCUT2D eigenvalue weighted by molar-refractivity contribution is -0.122. The maximum atomic E-state index is 11.4. The van der Waals surface area contributed by atoms with Crippen molar-refractivity contribution < 1.29 is 9.59 Å². The van der Waals surface area contributed by atoms with Crippen molar-refractivity contribution in [3.63, 3.8) is 0 Å². The van der Waals surface area contributed by atoms with Crippen molar-refractivity contribution in [2.45, 2.75) is 38.1 Å². The fraction of sp³-hybridized carbons (Fsp3) is 0.818. The Morgan fingerprint density at radius 1 is 1.20 bits per heavy atom. The second-order valence-electron chi connectivity index (χ2n) is 4.42. The van der Waals surface area contributed by atoms with Crippen LogP contribution in [0.5, 0.6) is 0 Å². The van der Waals surface area contributed by atoms with E-state index in [0.29, 0.717) is 24.7 Å². The van der Waals surface area contributed by atoms with Gasteiger partial charge < -0.3 is 5.32 Å². The lowest BCUT2D eigenvalue weighted by Crippen LogP contribution is -2.40. The molecule has 1 N–H and O–H groups in total. The van der Waals surface area contributed by atoms with Crippen LogP contribution in [-0.4, -0.2) is 42.3 Å². The van der Waals surface area contributed by atoms with E-state index in [1.165, 1.54) is 0 Å². The number of nitrogens with zero attached hydrogens (tertiary/aromatic N) is 1. The molecule has 1 aliphatic heterocycles. The number of nitrogens with one attached hydrogen (secondary N) is 1. The van der Waals surface area contributed by atoms with Crippen molar-refractivity contribution in [1.29, 1.82) is 0 Å². The molecule has 1 atom stereocenters. The number of Topliss-reactive ketones (excluding diaryl/α,β-unsaturated/α-hetero) is 1. The van der Waals surface area contributed by atoms with Gasteiger partial charge in [0.2, 0.25) is 5.91 Å². The van der Waals surface area contributed by atoms with Gasteiger partial charge >= 0.3 is 0 Å². The maximum Gasteiger partial charge on any atom is 0.221 e. The number of carbonyl (C=O) groups is 2. The van der Waals surface area contributed by atoms with Gasteiger partial charge in [0, 0.05) is 44.9 Å². The van der Waals surface area contributed by atoms with E-state index >= 15 is 0 Å². The minimum absolute atomic E-state index is 0.139. The molecular formula is C11H18N2O2. The Bertz CT molecular complexity index is 265. The van der Waals surface area contributed by atoms with Gasteiger partial charge in [-0.3, -0.25) is 14.5 Å². The molecule has 1 heterocycles. The van der Waals surface area contributed by atoms with Gasteiger partial charge in [0.1, 0.15) is 5.78 Å². The van der Waals surface area contributed by atoms with Crippen molar-refractivity contribution in [3.05, 3.63) is 0 Å². The molecule has 1 unspecified atom stereocenters. The molecule has 0 aromatic carbocycles. The average molecular weight is 210 g/mol. The van der Waals surface area contributed by atoms with Crippen molar-refractivity contribution >= 4 is 11.7 Å². The molecule has 2 fully saturated rings. The summed E-state index contributed by atoms with van der Waals surface area (Å²) in [6.45, 7) is 2.43. The summed E-state index contributed by atoms with van der Waals surface area (Å²) in [5.41, 5.74) is 0. The molecule has 84 valence electrons. The summed E-state index contributed by atoms with van der Waals surface area (Å²) < 4.78 is 0. The van der Waals surface area contributed by atoms with Gasteiger partial charge in [0.05, 0.1) is 0 Å². The second-order valence-corrected chi connectivity index (χ2v) is 4.42. The minimum atomic E-state index is 0.139. The predicted octanol–water partition coefficient (Wildman–Crippen LogP) is 0.320.